The summed E-state index contributed by atoms with van der Waals surface area (Å²) in [5, 5.41) is 11.6. The number of rotatable bonds is 15. The number of hydrogen-bond acceptors (Lipinski definition) is 16. The van der Waals surface area contributed by atoms with Gasteiger partial charge in [0.1, 0.15) is 30.8 Å². The number of carbonyl (C=O) groups is 11. The molecule has 3 aliphatic heterocycles. The van der Waals surface area contributed by atoms with Crippen LogP contribution in [0.2, 0.25) is 0 Å². The second-order valence-corrected chi connectivity index (χ2v) is 21.0. The molecule has 1 unspecified atom stereocenters. The predicted octanol–water partition coefficient (Wildman–Crippen LogP) is 0.284. The van der Waals surface area contributed by atoms with Crippen molar-refractivity contribution in [3.8, 4) is 0 Å². The number of ether oxygens (including phenoxy) is 1. The summed E-state index contributed by atoms with van der Waals surface area (Å²) in [6.07, 6.45) is 3.17. The van der Waals surface area contributed by atoms with Crippen molar-refractivity contribution < 1.29 is 57.5 Å². The molecule has 1 aromatic carbocycles. The molecule has 5 rings (SSSR count). The fourth-order valence-electron chi connectivity index (χ4n) is 10.1. The van der Waals surface area contributed by atoms with Crippen molar-refractivity contribution in [3.63, 3.8) is 0 Å². The number of likely N-dealkylation sites (tertiary alicyclic amines) is 1. The number of aromatic nitrogens is 1. The smallest absolute Gasteiger partial charge is 0.329 e. The summed E-state index contributed by atoms with van der Waals surface area (Å²) in [6.45, 7) is 0.439. The monoisotopic (exact) mass is 1100 g/mol. The minimum atomic E-state index is -1.59. The first-order valence-corrected chi connectivity index (χ1v) is 27.6. The normalized spacial score (nSPS) is 25.8. The zero-order valence-corrected chi connectivity index (χ0v) is 45.3. The third kappa shape index (κ3) is 17.6. The summed E-state index contributed by atoms with van der Waals surface area (Å²) >= 11 is 8.70. The lowest BCUT2D eigenvalue weighted by Crippen LogP contribution is -2.55. The summed E-state index contributed by atoms with van der Waals surface area (Å²) < 4.78 is 5.48. The number of H-pyrrole nitrogens is 1. The van der Waals surface area contributed by atoms with Gasteiger partial charge in [0.05, 0.1) is 18.5 Å². The quantitative estimate of drug-likeness (QED) is 0.0658. The maximum atomic E-state index is 14.5. The van der Waals surface area contributed by atoms with Crippen LogP contribution < -0.4 is 32.7 Å². The van der Waals surface area contributed by atoms with Gasteiger partial charge >= 0.3 is 5.97 Å². The molecule has 24 heteroatoms. The van der Waals surface area contributed by atoms with Crippen LogP contribution >= 0.6 is 25.3 Å². The summed E-state index contributed by atoms with van der Waals surface area (Å²) in [6, 6.07) is 0.128. The van der Waals surface area contributed by atoms with E-state index in [0.717, 1.165) is 16.5 Å². The first kappa shape index (κ1) is 61.0. The number of esters is 1. The molecule has 0 aliphatic carbocycles. The number of unbranched alkanes of at least 4 members (excludes halogenated alkanes) is 2. The third-order valence-corrected chi connectivity index (χ3v) is 15.0. The standard InChI is InChI=1S/C52H76N10O12S2/c1-60(2)20-8-6-14-37-44(65)25-32(23-33-27-55-36-13-4-3-12-35(33)36)49(70)59-40(30-76)51(72)62-22-10-16-42(62)52(73)74-28-34(63)24-31(11-5-7-19-53)48(69)58-38(50(71)61-21-9-15-41(61)47(54)68)26-46(67)57-39(29-75)43(64)17-18-45(66)56-37/h3-4,12-13,27,31-32,37-42,55,75-76H,5-11,14-26,28-30,53H2,1-2H3,(H2,54,68)(H,56,66)(H,57,67)(H,58,69)(H,59,70)/t31-,32-,37+,38+,39?,40+,41+,42+/m1/s1. The molecule has 0 saturated carbocycles. The Labute approximate surface area is 454 Å². The molecule has 418 valence electrons. The number of hydrogen-bond donors (Lipinski definition) is 9. The Hall–Kier alpha value is -5.85. The van der Waals surface area contributed by atoms with E-state index in [1.807, 2.05) is 43.3 Å². The first-order chi connectivity index (χ1) is 36.3. The van der Waals surface area contributed by atoms with E-state index in [1.165, 1.54) is 9.80 Å². The lowest BCUT2D eigenvalue weighted by atomic mass is 9.89. The fraction of sp³-hybridized carbons (Fsp3) is 0.635. The van der Waals surface area contributed by atoms with E-state index in [-0.39, 0.29) is 82.5 Å². The molecule has 3 saturated heterocycles. The van der Waals surface area contributed by atoms with Crippen molar-refractivity contribution in [2.24, 2.45) is 23.3 Å². The van der Waals surface area contributed by atoms with Crippen LogP contribution in [0, 0.1) is 11.8 Å². The fourth-order valence-corrected chi connectivity index (χ4v) is 10.6. The zero-order chi connectivity index (χ0) is 55.5. The maximum absolute atomic E-state index is 14.5. The lowest BCUT2D eigenvalue weighted by molar-refractivity contribution is -0.156. The van der Waals surface area contributed by atoms with Crippen LogP contribution in [-0.4, -0.2) is 179 Å². The molecule has 0 bridgehead atoms. The third-order valence-electron chi connectivity index (χ3n) is 14.2. The highest BCUT2D eigenvalue weighted by Gasteiger charge is 2.41. The highest BCUT2D eigenvalue weighted by molar-refractivity contribution is 7.80. The molecule has 9 N–H and O–H groups in total. The van der Waals surface area contributed by atoms with Gasteiger partial charge in [-0.1, -0.05) is 24.6 Å². The van der Waals surface area contributed by atoms with Gasteiger partial charge in [-0.05, 0) is 103 Å². The Morgan fingerprint density at radius 2 is 1.45 bits per heavy atom. The van der Waals surface area contributed by atoms with Crippen LogP contribution in [0.15, 0.2) is 30.5 Å². The number of nitrogens with one attached hydrogen (secondary N) is 5. The van der Waals surface area contributed by atoms with Gasteiger partial charge in [-0.15, -0.1) is 0 Å². The number of para-hydroxylation sites is 1. The zero-order valence-electron chi connectivity index (χ0n) is 43.6. The van der Waals surface area contributed by atoms with Crippen molar-refractivity contribution in [2.45, 2.75) is 139 Å². The Morgan fingerprint density at radius 3 is 2.16 bits per heavy atom. The maximum Gasteiger partial charge on any atom is 0.329 e. The van der Waals surface area contributed by atoms with Gasteiger partial charge in [-0.3, -0.25) is 47.9 Å². The minimum Gasteiger partial charge on any atom is -0.456 e. The molecule has 22 nitrogen and oxygen atoms in total. The van der Waals surface area contributed by atoms with E-state index in [9.17, 15) is 52.7 Å². The van der Waals surface area contributed by atoms with Crippen LogP contribution in [0.25, 0.3) is 10.9 Å². The van der Waals surface area contributed by atoms with Crippen LogP contribution in [-0.2, 0) is 63.9 Å². The van der Waals surface area contributed by atoms with Crippen LogP contribution in [0.4, 0.5) is 0 Å². The number of nitrogens with two attached hydrogens (primary N) is 2. The molecule has 3 fully saturated rings. The molecule has 0 radical (unpaired) electrons. The minimum absolute atomic E-state index is 0.0605. The summed E-state index contributed by atoms with van der Waals surface area (Å²) in [4.78, 5) is 160. The summed E-state index contributed by atoms with van der Waals surface area (Å²) in [5.74, 6) is -10.3. The number of amides is 7. The van der Waals surface area contributed by atoms with Gasteiger partial charge < -0.3 is 57.2 Å². The molecular formula is C52H76N10O12S2. The average molecular weight is 1100 g/mol. The number of thiol groups is 2. The average Bonchev–Trinajstić information content (AvgIpc) is 4.19. The second-order valence-electron chi connectivity index (χ2n) is 20.2. The first-order valence-electron chi connectivity index (χ1n) is 26.3. The number of primary amides is 1. The molecule has 2 aromatic rings. The highest BCUT2D eigenvalue weighted by Crippen LogP contribution is 2.26. The van der Waals surface area contributed by atoms with Gasteiger partial charge in [0.15, 0.2) is 17.3 Å². The molecule has 1 aromatic heterocycles. The van der Waals surface area contributed by atoms with Crippen molar-refractivity contribution in [3.05, 3.63) is 36.0 Å². The Morgan fingerprint density at radius 1 is 0.750 bits per heavy atom. The van der Waals surface area contributed by atoms with Gasteiger partial charge in [-0.25, -0.2) is 4.79 Å². The number of fused-ring (bicyclic) bond motifs is 2. The van der Waals surface area contributed by atoms with Gasteiger partial charge in [0, 0.05) is 79.2 Å². The number of aromatic amines is 1. The van der Waals surface area contributed by atoms with E-state index in [0.29, 0.717) is 45.1 Å². The van der Waals surface area contributed by atoms with E-state index >= 15 is 0 Å². The Balaban J connectivity index is 1.47. The van der Waals surface area contributed by atoms with E-state index in [4.69, 9.17) is 16.2 Å². The molecular weight excluding hydrogens is 1020 g/mol. The topological polar surface area (TPSA) is 323 Å². The number of cyclic esters (lactones) is 1. The molecule has 76 heavy (non-hydrogen) atoms. The number of benzene rings is 1. The highest BCUT2D eigenvalue weighted by atomic mass is 32.1. The number of carbonyl (C=O) groups excluding carboxylic acids is 11. The van der Waals surface area contributed by atoms with Gasteiger partial charge in [0.25, 0.3) is 0 Å². The lowest BCUT2D eigenvalue weighted by Gasteiger charge is -2.29. The SMILES string of the molecule is CN(C)CCCC[C@@H]1NC(=O)CCC(=O)C(CS)NC(=O)C[C@@H](C(=O)N2CCC[C@H]2C(N)=O)NC(=O)[C@H](CCCCN)CC(=O)COC(=O)[C@@H]2CCCN2C(=O)[C@H](CS)NC(=O)[C@H](Cc2c[nH]c3ccccc23)CC1=O. The van der Waals surface area contributed by atoms with E-state index < -0.39 is 132 Å². The molecule has 7 amide bonds. The van der Waals surface area contributed by atoms with Crippen LogP contribution in [0.1, 0.15) is 102 Å². The van der Waals surface area contributed by atoms with Crippen LogP contribution in [0.5, 0.6) is 0 Å². The summed E-state index contributed by atoms with van der Waals surface area (Å²) in [5.41, 5.74) is 12.9. The molecule has 8 atom stereocenters. The number of ketones is 3. The van der Waals surface area contributed by atoms with Crippen molar-refractivity contribution in [1.82, 2.24) is 41.0 Å². The van der Waals surface area contributed by atoms with Crippen LogP contribution in [0.3, 0.4) is 0 Å². The largest absolute Gasteiger partial charge is 0.456 e. The van der Waals surface area contributed by atoms with Crippen molar-refractivity contribution in [1.29, 1.82) is 0 Å². The second kappa shape index (κ2) is 30.2. The van der Waals surface area contributed by atoms with E-state index in [2.05, 4.69) is 51.5 Å². The molecule has 3 aliphatic rings. The van der Waals surface area contributed by atoms with Gasteiger partial charge in [-0.2, -0.15) is 25.3 Å². The predicted molar refractivity (Wildman–Crippen MR) is 287 cm³/mol. The Kier molecular flexibility index (Phi) is 24.2. The molecule has 0 spiro atoms. The van der Waals surface area contributed by atoms with Crippen molar-refractivity contribution >= 4 is 101 Å². The van der Waals surface area contributed by atoms with Crippen molar-refractivity contribution in [2.75, 3.05) is 58.4 Å². The summed E-state index contributed by atoms with van der Waals surface area (Å²) in [7, 11) is 3.81. The molecule has 4 heterocycles. The Bertz CT molecular complexity index is 2420. The number of Topliss-reactive ketones (excluding diaryl/α,β-unsaturated/α-hetero) is 3. The van der Waals surface area contributed by atoms with Gasteiger partial charge in [0.2, 0.25) is 41.4 Å². The van der Waals surface area contributed by atoms with E-state index in [1.54, 1.807) is 6.20 Å². The number of nitrogens with zero attached hydrogens (tertiary/aromatic N) is 3.